The van der Waals surface area contributed by atoms with E-state index in [1.165, 1.54) is 0 Å². The Hall–Kier alpha value is -1.35. The van der Waals surface area contributed by atoms with Crippen LogP contribution in [0.2, 0.25) is 0 Å². The monoisotopic (exact) mass is 206 g/mol. The Bertz CT molecular complexity index is 344. The molecule has 3 heteroatoms. The normalized spacial score (nSPS) is 17.1. The summed E-state index contributed by atoms with van der Waals surface area (Å²) in [5.74, 6) is 0.945. The summed E-state index contributed by atoms with van der Waals surface area (Å²) in [5.41, 5.74) is 0.528. The van der Waals surface area contributed by atoms with Crippen LogP contribution in [0.3, 0.4) is 0 Å². The lowest BCUT2D eigenvalue weighted by Gasteiger charge is -2.12. The molecule has 1 aliphatic carbocycles. The maximum absolute atomic E-state index is 10.7. The predicted octanol–water partition coefficient (Wildman–Crippen LogP) is 1.65. The van der Waals surface area contributed by atoms with Gasteiger partial charge in [-0.15, -0.1) is 0 Å². The summed E-state index contributed by atoms with van der Waals surface area (Å²) in [4.78, 5) is 10.7. The molecule has 1 fully saturated rings. The Morgan fingerprint density at radius 1 is 1.47 bits per heavy atom. The van der Waals surface area contributed by atoms with Gasteiger partial charge in [0.1, 0.15) is 12.4 Å². The molecule has 0 unspecified atom stereocenters. The first-order valence-corrected chi connectivity index (χ1v) is 5.16. The second kappa shape index (κ2) is 4.45. The maximum Gasteiger partial charge on any atom is 0.153 e. The Morgan fingerprint density at radius 2 is 2.20 bits per heavy atom. The summed E-state index contributed by atoms with van der Waals surface area (Å²) in [6.07, 6.45) is 2.53. The van der Waals surface area contributed by atoms with Crippen LogP contribution in [0.4, 0.5) is 0 Å². The molecule has 80 valence electrons. The molecular formula is C12H14O3. The molecular weight excluding hydrogens is 192 g/mol. The molecule has 0 saturated heterocycles. The first-order chi connectivity index (χ1) is 7.31. The molecule has 0 aromatic heterocycles. The molecule has 1 aliphatic rings. The van der Waals surface area contributed by atoms with Crippen LogP contribution in [0.5, 0.6) is 5.75 Å². The van der Waals surface area contributed by atoms with E-state index in [1.54, 1.807) is 18.2 Å². The van der Waals surface area contributed by atoms with Crippen LogP contribution >= 0.6 is 0 Å². The van der Waals surface area contributed by atoms with E-state index >= 15 is 0 Å². The van der Waals surface area contributed by atoms with Crippen molar-refractivity contribution in [3.05, 3.63) is 29.8 Å². The number of aldehydes is 1. The van der Waals surface area contributed by atoms with Crippen LogP contribution in [0.1, 0.15) is 23.2 Å². The predicted molar refractivity (Wildman–Crippen MR) is 56.1 cm³/mol. The van der Waals surface area contributed by atoms with Gasteiger partial charge in [-0.05, 0) is 30.9 Å². The SMILES string of the molecule is O=Cc1ccccc1OC[C@H](O)C1CC1. The zero-order chi connectivity index (χ0) is 10.7. The Labute approximate surface area is 88.7 Å². The number of benzene rings is 1. The smallest absolute Gasteiger partial charge is 0.153 e. The Kier molecular flexibility index (Phi) is 3.02. The van der Waals surface area contributed by atoms with Gasteiger partial charge in [0.15, 0.2) is 6.29 Å². The molecule has 1 atom stereocenters. The third-order valence-electron chi connectivity index (χ3n) is 2.62. The fraction of sp³-hybridized carbons (Fsp3) is 0.417. The van der Waals surface area contributed by atoms with Gasteiger partial charge in [-0.1, -0.05) is 12.1 Å². The number of hydrogen-bond donors (Lipinski definition) is 1. The third-order valence-corrected chi connectivity index (χ3v) is 2.62. The highest BCUT2D eigenvalue weighted by Gasteiger charge is 2.30. The highest BCUT2D eigenvalue weighted by Crippen LogP contribution is 2.32. The van der Waals surface area contributed by atoms with Crippen LogP contribution in [-0.2, 0) is 0 Å². The number of aliphatic hydroxyl groups is 1. The number of aliphatic hydroxyl groups excluding tert-OH is 1. The van der Waals surface area contributed by atoms with Crippen molar-refractivity contribution in [2.75, 3.05) is 6.61 Å². The summed E-state index contributed by atoms with van der Waals surface area (Å²) < 4.78 is 5.41. The van der Waals surface area contributed by atoms with Crippen molar-refractivity contribution in [2.24, 2.45) is 5.92 Å². The highest BCUT2D eigenvalue weighted by atomic mass is 16.5. The van der Waals surface area contributed by atoms with E-state index in [1.807, 2.05) is 6.07 Å². The minimum Gasteiger partial charge on any atom is -0.490 e. The quantitative estimate of drug-likeness (QED) is 0.745. The van der Waals surface area contributed by atoms with Gasteiger partial charge in [0, 0.05) is 0 Å². The van der Waals surface area contributed by atoms with Gasteiger partial charge in [0.2, 0.25) is 0 Å². The van der Waals surface area contributed by atoms with Crippen molar-refractivity contribution in [1.29, 1.82) is 0 Å². The minimum atomic E-state index is -0.398. The minimum absolute atomic E-state index is 0.273. The highest BCUT2D eigenvalue weighted by molar-refractivity contribution is 5.79. The molecule has 1 N–H and O–H groups in total. The molecule has 2 rings (SSSR count). The summed E-state index contributed by atoms with van der Waals surface area (Å²) >= 11 is 0. The first kappa shape index (κ1) is 10.2. The second-order valence-electron chi connectivity index (χ2n) is 3.87. The van der Waals surface area contributed by atoms with Crippen molar-refractivity contribution in [1.82, 2.24) is 0 Å². The number of carbonyl (C=O) groups is 1. The van der Waals surface area contributed by atoms with E-state index in [0.29, 0.717) is 17.2 Å². The molecule has 0 amide bonds. The molecule has 3 nitrogen and oxygen atoms in total. The van der Waals surface area contributed by atoms with Crippen LogP contribution in [0.25, 0.3) is 0 Å². The fourth-order valence-corrected chi connectivity index (χ4v) is 1.50. The van der Waals surface area contributed by atoms with Crippen molar-refractivity contribution in [3.8, 4) is 5.75 Å². The van der Waals surface area contributed by atoms with Crippen LogP contribution in [0.15, 0.2) is 24.3 Å². The number of ether oxygens (including phenoxy) is 1. The number of hydrogen-bond acceptors (Lipinski definition) is 3. The number of rotatable bonds is 5. The summed E-state index contributed by atoms with van der Waals surface area (Å²) in [6, 6.07) is 7.04. The van der Waals surface area contributed by atoms with Crippen molar-refractivity contribution in [3.63, 3.8) is 0 Å². The lowest BCUT2D eigenvalue weighted by molar-refractivity contribution is 0.0883. The van der Waals surface area contributed by atoms with E-state index in [4.69, 9.17) is 4.74 Å². The zero-order valence-corrected chi connectivity index (χ0v) is 8.43. The van der Waals surface area contributed by atoms with Crippen LogP contribution in [-0.4, -0.2) is 24.1 Å². The largest absolute Gasteiger partial charge is 0.490 e. The molecule has 1 saturated carbocycles. The van der Waals surface area contributed by atoms with E-state index in [9.17, 15) is 9.90 Å². The third kappa shape index (κ3) is 2.57. The lowest BCUT2D eigenvalue weighted by Crippen LogP contribution is -2.19. The molecule has 1 aromatic carbocycles. The van der Waals surface area contributed by atoms with Gasteiger partial charge < -0.3 is 9.84 Å². The average molecular weight is 206 g/mol. The van der Waals surface area contributed by atoms with Crippen molar-refractivity contribution >= 4 is 6.29 Å². The molecule has 0 bridgehead atoms. The number of para-hydroxylation sites is 1. The van der Waals surface area contributed by atoms with Gasteiger partial charge >= 0.3 is 0 Å². The standard InChI is InChI=1S/C12H14O3/c13-7-10-3-1-2-4-12(10)15-8-11(14)9-5-6-9/h1-4,7,9,11,14H,5-6,8H2/t11-/m0/s1. The van der Waals surface area contributed by atoms with Crippen LogP contribution in [0, 0.1) is 5.92 Å². The van der Waals surface area contributed by atoms with Gasteiger partial charge in [-0.3, -0.25) is 4.79 Å². The maximum atomic E-state index is 10.7. The van der Waals surface area contributed by atoms with Crippen LogP contribution < -0.4 is 4.74 Å². The van der Waals surface area contributed by atoms with Crippen molar-refractivity contribution in [2.45, 2.75) is 18.9 Å². The Balaban J connectivity index is 1.94. The van der Waals surface area contributed by atoms with E-state index < -0.39 is 6.10 Å². The first-order valence-electron chi connectivity index (χ1n) is 5.16. The molecule has 0 spiro atoms. The number of carbonyl (C=O) groups excluding carboxylic acids is 1. The van der Waals surface area contributed by atoms with E-state index in [0.717, 1.165) is 19.1 Å². The van der Waals surface area contributed by atoms with Gasteiger partial charge in [-0.2, -0.15) is 0 Å². The van der Waals surface area contributed by atoms with Gasteiger partial charge in [0.25, 0.3) is 0 Å². The second-order valence-corrected chi connectivity index (χ2v) is 3.87. The van der Waals surface area contributed by atoms with Gasteiger partial charge in [0.05, 0.1) is 11.7 Å². The summed E-state index contributed by atoms with van der Waals surface area (Å²) in [6.45, 7) is 0.273. The van der Waals surface area contributed by atoms with Gasteiger partial charge in [-0.25, -0.2) is 0 Å². The van der Waals surface area contributed by atoms with E-state index in [-0.39, 0.29) is 6.61 Å². The summed E-state index contributed by atoms with van der Waals surface area (Å²) in [7, 11) is 0. The summed E-state index contributed by atoms with van der Waals surface area (Å²) in [5, 5.41) is 9.60. The van der Waals surface area contributed by atoms with Crippen molar-refractivity contribution < 1.29 is 14.6 Å². The topological polar surface area (TPSA) is 46.5 Å². The Morgan fingerprint density at radius 3 is 2.87 bits per heavy atom. The lowest BCUT2D eigenvalue weighted by atomic mass is 10.2. The van der Waals surface area contributed by atoms with E-state index in [2.05, 4.69) is 0 Å². The molecule has 0 aliphatic heterocycles. The molecule has 0 heterocycles. The molecule has 1 aromatic rings. The average Bonchev–Trinajstić information content (AvgIpc) is 3.10. The molecule has 15 heavy (non-hydrogen) atoms. The zero-order valence-electron chi connectivity index (χ0n) is 8.43. The fourth-order valence-electron chi connectivity index (χ4n) is 1.50. The molecule has 0 radical (unpaired) electrons.